The third kappa shape index (κ3) is 4.58. The molecule has 3 aromatic heterocycles. The van der Waals surface area contributed by atoms with Gasteiger partial charge in [-0.1, -0.05) is 17.8 Å². The van der Waals surface area contributed by atoms with E-state index in [0.29, 0.717) is 35.1 Å². The van der Waals surface area contributed by atoms with Crippen molar-refractivity contribution in [2.75, 3.05) is 12.9 Å². The Hall–Kier alpha value is -4.25. The lowest BCUT2D eigenvalue weighted by atomic mass is 10.1. The Morgan fingerprint density at radius 3 is 2.74 bits per heavy atom. The van der Waals surface area contributed by atoms with Gasteiger partial charge in [-0.05, 0) is 36.4 Å². The van der Waals surface area contributed by atoms with Crippen LogP contribution in [-0.4, -0.2) is 44.1 Å². The molecule has 1 atom stereocenters. The second-order valence-corrected chi connectivity index (χ2v) is 8.50. The quantitative estimate of drug-likeness (QED) is 0.307. The van der Waals surface area contributed by atoms with Crippen molar-refractivity contribution in [3.8, 4) is 17.3 Å². The van der Waals surface area contributed by atoms with E-state index in [9.17, 15) is 14.7 Å². The number of amides is 1. The monoisotopic (exact) mass is 492 g/mol. The van der Waals surface area contributed by atoms with Gasteiger partial charge in [0.05, 0.1) is 37.1 Å². The minimum Gasteiger partial charge on any atom is -0.497 e. The molecule has 0 unspecified atom stereocenters. The fourth-order valence-corrected chi connectivity index (χ4v) is 4.63. The Labute approximate surface area is 203 Å². The summed E-state index contributed by atoms with van der Waals surface area (Å²) in [5.41, 5.74) is 0.622. The van der Waals surface area contributed by atoms with Crippen LogP contribution in [0.3, 0.4) is 0 Å². The number of carbonyl (C=O) groups excluding carboxylic acids is 1. The number of hydrogen-bond acceptors (Lipinski definition) is 9. The maximum Gasteiger partial charge on any atom is 0.262 e. The fourth-order valence-electron chi connectivity index (χ4n) is 3.76. The lowest BCUT2D eigenvalue weighted by Crippen LogP contribution is -2.29. The van der Waals surface area contributed by atoms with Crippen LogP contribution in [0.25, 0.3) is 5.69 Å². The first-order chi connectivity index (χ1) is 17.0. The van der Waals surface area contributed by atoms with E-state index in [1.54, 1.807) is 61.1 Å². The Kier molecular flexibility index (Phi) is 6.15. The van der Waals surface area contributed by atoms with Crippen molar-refractivity contribution in [1.29, 1.82) is 0 Å². The summed E-state index contributed by atoms with van der Waals surface area (Å²) in [7, 11) is 1.52. The van der Waals surface area contributed by atoms with E-state index < -0.39 is 17.5 Å². The van der Waals surface area contributed by atoms with Gasteiger partial charge in [0.2, 0.25) is 5.88 Å². The number of aromatic nitrogens is 2. The SMILES string of the molecule is COc1cccc(-n2c(SCC(=O)N3N=C(c4ccco4)C[C@@H]3c3ccco3)nc(O)cc2=O)c1. The predicted molar refractivity (Wildman–Crippen MR) is 127 cm³/mol. The Morgan fingerprint density at radius 2 is 2.00 bits per heavy atom. The predicted octanol–water partition coefficient (Wildman–Crippen LogP) is 3.60. The molecule has 0 fully saturated rings. The molecule has 4 aromatic rings. The second-order valence-electron chi connectivity index (χ2n) is 7.56. The number of aromatic hydroxyl groups is 1. The van der Waals surface area contributed by atoms with Gasteiger partial charge in [0.1, 0.15) is 29.0 Å². The number of ether oxygens (including phenoxy) is 1. The largest absolute Gasteiger partial charge is 0.497 e. The highest BCUT2D eigenvalue weighted by Crippen LogP contribution is 2.34. The Morgan fingerprint density at radius 1 is 1.17 bits per heavy atom. The zero-order chi connectivity index (χ0) is 24.4. The van der Waals surface area contributed by atoms with Crippen molar-refractivity contribution in [1.82, 2.24) is 14.6 Å². The van der Waals surface area contributed by atoms with E-state index in [2.05, 4.69) is 10.1 Å². The van der Waals surface area contributed by atoms with E-state index in [-0.39, 0.29) is 16.8 Å². The number of methoxy groups -OCH3 is 1. The molecular formula is C24H20N4O6S. The van der Waals surface area contributed by atoms with Gasteiger partial charge in [-0.2, -0.15) is 10.1 Å². The van der Waals surface area contributed by atoms with Gasteiger partial charge in [0.25, 0.3) is 11.5 Å². The minimum atomic E-state index is -0.492. The van der Waals surface area contributed by atoms with Crippen molar-refractivity contribution >= 4 is 23.4 Å². The number of hydrogen-bond donors (Lipinski definition) is 1. The second kappa shape index (κ2) is 9.55. The Bertz CT molecular complexity index is 1430. The summed E-state index contributed by atoms with van der Waals surface area (Å²) in [6, 6.07) is 14.5. The summed E-state index contributed by atoms with van der Waals surface area (Å²) in [6.45, 7) is 0. The lowest BCUT2D eigenvalue weighted by molar-refractivity contribution is -0.130. The van der Waals surface area contributed by atoms with Gasteiger partial charge in [-0.3, -0.25) is 14.2 Å². The molecule has 35 heavy (non-hydrogen) atoms. The summed E-state index contributed by atoms with van der Waals surface area (Å²) in [4.78, 5) is 30.1. The van der Waals surface area contributed by atoms with Crippen molar-refractivity contribution in [3.63, 3.8) is 0 Å². The number of thioether (sulfide) groups is 1. The summed E-state index contributed by atoms with van der Waals surface area (Å²) in [5, 5.41) is 16.0. The number of furan rings is 2. The molecule has 178 valence electrons. The maximum absolute atomic E-state index is 13.3. The molecule has 1 aliphatic heterocycles. The molecule has 4 heterocycles. The van der Waals surface area contributed by atoms with Crippen molar-refractivity contribution in [2.45, 2.75) is 17.6 Å². The van der Waals surface area contributed by atoms with Crippen molar-refractivity contribution < 1.29 is 23.5 Å². The summed E-state index contributed by atoms with van der Waals surface area (Å²) >= 11 is 1.01. The zero-order valence-corrected chi connectivity index (χ0v) is 19.3. The lowest BCUT2D eigenvalue weighted by Gasteiger charge is -2.20. The molecule has 5 rings (SSSR count). The van der Waals surface area contributed by atoms with Gasteiger partial charge in [-0.25, -0.2) is 5.01 Å². The van der Waals surface area contributed by atoms with Crippen LogP contribution in [0.2, 0.25) is 0 Å². The third-order valence-electron chi connectivity index (χ3n) is 5.35. The van der Waals surface area contributed by atoms with Crippen molar-refractivity contribution in [3.05, 3.63) is 89.0 Å². The first-order valence-electron chi connectivity index (χ1n) is 10.6. The van der Waals surface area contributed by atoms with E-state index in [4.69, 9.17) is 13.6 Å². The van der Waals surface area contributed by atoms with Crippen LogP contribution in [0, 0.1) is 0 Å². The van der Waals surface area contributed by atoms with Gasteiger partial charge in [-0.15, -0.1) is 0 Å². The average molecular weight is 493 g/mol. The van der Waals surface area contributed by atoms with Crippen LogP contribution in [0.4, 0.5) is 0 Å². The molecule has 11 heteroatoms. The molecule has 0 saturated heterocycles. The summed E-state index contributed by atoms with van der Waals surface area (Å²) in [5.74, 6) is 0.868. The molecule has 1 amide bonds. The third-order valence-corrected chi connectivity index (χ3v) is 6.28. The number of benzene rings is 1. The molecule has 0 aliphatic carbocycles. The standard InChI is InChI=1S/C24H20N4O6S/c1-32-16-6-2-5-15(11-16)27-22(30)13-21(29)25-24(27)35-14-23(31)28-18(20-8-4-10-34-20)12-17(26-28)19-7-3-9-33-19/h2-11,13,18,29H,12,14H2,1H3/t18-/m1/s1. The van der Waals surface area contributed by atoms with Gasteiger partial charge < -0.3 is 18.7 Å². The van der Waals surface area contributed by atoms with Crippen LogP contribution in [0.1, 0.15) is 24.0 Å². The molecule has 0 saturated carbocycles. The molecule has 0 spiro atoms. The normalized spacial score (nSPS) is 15.3. The summed E-state index contributed by atoms with van der Waals surface area (Å²) < 4.78 is 17.6. The molecular weight excluding hydrogens is 472 g/mol. The van der Waals surface area contributed by atoms with Crippen molar-refractivity contribution in [2.24, 2.45) is 5.10 Å². The maximum atomic E-state index is 13.3. The van der Waals surface area contributed by atoms with Crippen LogP contribution in [0.15, 0.2) is 91.0 Å². The molecule has 0 radical (unpaired) electrons. The molecule has 0 bridgehead atoms. The number of nitrogens with zero attached hydrogens (tertiary/aromatic N) is 4. The first-order valence-corrected chi connectivity index (χ1v) is 11.6. The summed E-state index contributed by atoms with van der Waals surface area (Å²) in [6.07, 6.45) is 3.52. The van der Waals surface area contributed by atoms with Gasteiger partial charge >= 0.3 is 0 Å². The van der Waals surface area contributed by atoms with E-state index in [1.165, 1.54) is 16.7 Å². The number of carbonyl (C=O) groups is 1. The van der Waals surface area contributed by atoms with Crippen LogP contribution >= 0.6 is 11.8 Å². The molecule has 10 nitrogen and oxygen atoms in total. The minimum absolute atomic E-state index is 0.0913. The topological polar surface area (TPSA) is 123 Å². The molecule has 1 aliphatic rings. The van der Waals surface area contributed by atoms with E-state index in [1.807, 2.05) is 0 Å². The highest BCUT2D eigenvalue weighted by molar-refractivity contribution is 7.99. The van der Waals surface area contributed by atoms with E-state index in [0.717, 1.165) is 17.8 Å². The van der Waals surface area contributed by atoms with Crippen LogP contribution in [0.5, 0.6) is 11.6 Å². The highest BCUT2D eigenvalue weighted by atomic mass is 32.2. The fraction of sp³-hybridized carbons (Fsp3) is 0.167. The molecule has 1 N–H and O–H groups in total. The first kappa shape index (κ1) is 22.5. The van der Waals surface area contributed by atoms with Crippen LogP contribution < -0.4 is 10.3 Å². The number of rotatable bonds is 7. The highest BCUT2D eigenvalue weighted by Gasteiger charge is 2.35. The van der Waals surface area contributed by atoms with Gasteiger partial charge in [0, 0.05) is 12.5 Å². The molecule has 1 aromatic carbocycles. The number of hydrazone groups is 1. The van der Waals surface area contributed by atoms with E-state index >= 15 is 0 Å². The van der Waals surface area contributed by atoms with Gasteiger partial charge in [0.15, 0.2) is 5.16 Å². The smallest absolute Gasteiger partial charge is 0.262 e. The Balaban J connectivity index is 1.43. The van der Waals surface area contributed by atoms with Crippen LogP contribution in [-0.2, 0) is 4.79 Å². The average Bonchev–Trinajstić information content (AvgIpc) is 3.63. The zero-order valence-electron chi connectivity index (χ0n) is 18.5.